The predicted molar refractivity (Wildman–Crippen MR) is 113 cm³/mol. The number of carbonyl (C=O) groups excluding carboxylic acids is 1. The van der Waals surface area contributed by atoms with Crippen LogP contribution in [0.3, 0.4) is 0 Å². The predicted octanol–water partition coefficient (Wildman–Crippen LogP) is 3.90. The third-order valence-electron chi connectivity index (χ3n) is 4.64. The molecule has 2 aromatic carbocycles. The minimum Gasteiger partial charge on any atom is -0.422 e. The van der Waals surface area contributed by atoms with Crippen molar-refractivity contribution in [3.63, 3.8) is 0 Å². The number of nitrogens with zero attached hydrogens (tertiary/aromatic N) is 2. The molecule has 0 fully saturated rings. The minimum absolute atomic E-state index is 0.0748. The van der Waals surface area contributed by atoms with Gasteiger partial charge in [0.05, 0.1) is 16.8 Å². The fourth-order valence-electron chi connectivity index (χ4n) is 3.26. The summed E-state index contributed by atoms with van der Waals surface area (Å²) < 4.78 is 13.8. The first-order chi connectivity index (χ1) is 14.1. The fourth-order valence-corrected chi connectivity index (χ4v) is 4.39. The Morgan fingerprint density at radius 3 is 2.86 bits per heavy atom. The number of carbonyl (C=O) groups is 1. The van der Waals surface area contributed by atoms with Crippen molar-refractivity contribution in [1.29, 1.82) is 0 Å². The van der Waals surface area contributed by atoms with E-state index in [9.17, 15) is 9.59 Å². The Balaban J connectivity index is 1.84. The van der Waals surface area contributed by atoms with E-state index in [1.54, 1.807) is 18.2 Å². The molecule has 0 atom stereocenters. The van der Waals surface area contributed by atoms with Gasteiger partial charge in [0.1, 0.15) is 11.1 Å². The average molecular weight is 408 g/mol. The molecule has 2 heterocycles. The number of ether oxygens (including phenoxy) is 1. The van der Waals surface area contributed by atoms with Crippen LogP contribution >= 0.6 is 11.3 Å². The van der Waals surface area contributed by atoms with E-state index >= 15 is 0 Å². The first-order valence-corrected chi connectivity index (χ1v) is 10.2. The molecule has 0 saturated carbocycles. The lowest BCUT2D eigenvalue weighted by atomic mass is 10.2. The van der Waals surface area contributed by atoms with Gasteiger partial charge >= 0.3 is 5.63 Å². The standard InChI is InChI=1S/C22H20N2O4S/c1-3-27-12-11-24-19-14(2)7-6-10-18(19)29-22(24)23-20(25)16-13-15-8-4-5-9-17(15)28-21(16)26/h4-10,13H,3,11-12H2,1-2H3. The molecule has 0 aliphatic rings. The molecule has 148 valence electrons. The largest absolute Gasteiger partial charge is 0.422 e. The van der Waals surface area contributed by atoms with Gasteiger partial charge in [-0.15, -0.1) is 0 Å². The highest BCUT2D eigenvalue weighted by Gasteiger charge is 2.15. The van der Waals surface area contributed by atoms with E-state index in [-0.39, 0.29) is 5.56 Å². The number of hydrogen-bond acceptors (Lipinski definition) is 5. The number of fused-ring (bicyclic) bond motifs is 2. The second kappa shape index (κ2) is 8.14. The normalized spacial score (nSPS) is 12.1. The smallest absolute Gasteiger partial charge is 0.349 e. The number of benzene rings is 2. The summed E-state index contributed by atoms with van der Waals surface area (Å²) in [6.07, 6.45) is 0. The van der Waals surface area contributed by atoms with Crippen molar-refractivity contribution in [2.24, 2.45) is 4.99 Å². The van der Waals surface area contributed by atoms with Crippen LogP contribution in [0.1, 0.15) is 22.8 Å². The molecule has 7 heteroatoms. The second-order valence-corrected chi connectivity index (χ2v) is 7.57. The molecule has 1 amide bonds. The van der Waals surface area contributed by atoms with Crippen molar-refractivity contribution < 1.29 is 13.9 Å². The molecule has 0 spiro atoms. The van der Waals surface area contributed by atoms with Crippen LogP contribution in [0, 0.1) is 6.92 Å². The van der Waals surface area contributed by atoms with Crippen molar-refractivity contribution in [3.8, 4) is 0 Å². The SMILES string of the molecule is CCOCCn1c(=NC(=O)c2cc3ccccc3oc2=O)sc2cccc(C)c21. The Bertz CT molecular complexity index is 1330. The fraction of sp³-hybridized carbons (Fsp3) is 0.227. The van der Waals surface area contributed by atoms with Gasteiger partial charge in [-0.25, -0.2) is 4.79 Å². The molecule has 4 aromatic rings. The summed E-state index contributed by atoms with van der Waals surface area (Å²) in [4.78, 5) is 30.0. The van der Waals surface area contributed by atoms with Gasteiger partial charge in [0.2, 0.25) is 0 Å². The monoisotopic (exact) mass is 408 g/mol. The van der Waals surface area contributed by atoms with Crippen molar-refractivity contribution in [1.82, 2.24) is 4.57 Å². The number of rotatable bonds is 5. The van der Waals surface area contributed by atoms with Crippen LogP contribution in [-0.4, -0.2) is 23.7 Å². The summed E-state index contributed by atoms with van der Waals surface area (Å²) in [6, 6.07) is 14.6. The zero-order valence-corrected chi connectivity index (χ0v) is 17.0. The van der Waals surface area contributed by atoms with Crippen LogP contribution in [0.4, 0.5) is 0 Å². The van der Waals surface area contributed by atoms with Crippen molar-refractivity contribution in [2.45, 2.75) is 20.4 Å². The quantitative estimate of drug-likeness (QED) is 0.371. The van der Waals surface area contributed by atoms with Crippen molar-refractivity contribution >= 4 is 38.4 Å². The van der Waals surface area contributed by atoms with Gasteiger partial charge < -0.3 is 13.7 Å². The van der Waals surface area contributed by atoms with Gasteiger partial charge in [0.15, 0.2) is 4.80 Å². The molecule has 4 rings (SSSR count). The van der Waals surface area contributed by atoms with E-state index < -0.39 is 11.5 Å². The highest BCUT2D eigenvalue weighted by molar-refractivity contribution is 7.16. The van der Waals surface area contributed by atoms with Crippen LogP contribution in [0.2, 0.25) is 0 Å². The van der Waals surface area contributed by atoms with Crippen LogP contribution in [-0.2, 0) is 11.3 Å². The number of para-hydroxylation sites is 2. The highest BCUT2D eigenvalue weighted by atomic mass is 32.1. The van der Waals surface area contributed by atoms with Gasteiger partial charge in [-0.3, -0.25) is 4.79 Å². The van der Waals surface area contributed by atoms with E-state index in [1.807, 2.05) is 42.7 Å². The first-order valence-electron chi connectivity index (χ1n) is 9.37. The third kappa shape index (κ3) is 3.79. The lowest BCUT2D eigenvalue weighted by Gasteiger charge is -2.07. The summed E-state index contributed by atoms with van der Waals surface area (Å²) in [6.45, 7) is 5.66. The lowest BCUT2D eigenvalue weighted by Crippen LogP contribution is -2.21. The Morgan fingerprint density at radius 1 is 1.21 bits per heavy atom. The summed E-state index contributed by atoms with van der Waals surface area (Å²) in [5.74, 6) is -0.612. The number of thiazole rings is 1. The molecule has 0 bridgehead atoms. The molecule has 6 nitrogen and oxygen atoms in total. The molecule has 2 aromatic heterocycles. The zero-order chi connectivity index (χ0) is 20.4. The maximum atomic E-state index is 12.9. The summed E-state index contributed by atoms with van der Waals surface area (Å²) >= 11 is 1.42. The van der Waals surface area contributed by atoms with Crippen LogP contribution in [0.25, 0.3) is 21.2 Å². The Labute approximate surface area is 170 Å². The number of aryl methyl sites for hydroxylation is 1. The second-order valence-electron chi connectivity index (χ2n) is 6.56. The molecular weight excluding hydrogens is 388 g/mol. The molecular formula is C22H20N2O4S. The molecule has 29 heavy (non-hydrogen) atoms. The molecule has 0 radical (unpaired) electrons. The topological polar surface area (TPSA) is 73.8 Å². The zero-order valence-electron chi connectivity index (χ0n) is 16.2. The summed E-state index contributed by atoms with van der Waals surface area (Å²) in [5.41, 5.74) is 1.80. The van der Waals surface area contributed by atoms with Gasteiger partial charge in [-0.1, -0.05) is 41.7 Å². The minimum atomic E-state index is -0.685. The van der Waals surface area contributed by atoms with Gasteiger partial charge in [0.25, 0.3) is 5.91 Å². The van der Waals surface area contributed by atoms with Crippen LogP contribution in [0.15, 0.2) is 62.7 Å². The summed E-state index contributed by atoms with van der Waals surface area (Å²) in [7, 11) is 0. The average Bonchev–Trinajstić information content (AvgIpc) is 3.06. The number of amides is 1. The van der Waals surface area contributed by atoms with Crippen molar-refractivity contribution in [3.05, 3.63) is 74.9 Å². The van der Waals surface area contributed by atoms with Crippen LogP contribution in [0.5, 0.6) is 0 Å². The Kier molecular flexibility index (Phi) is 5.42. The van der Waals surface area contributed by atoms with Gasteiger partial charge in [0, 0.05) is 18.5 Å². The summed E-state index contributed by atoms with van der Waals surface area (Å²) in [5, 5.41) is 0.682. The lowest BCUT2D eigenvalue weighted by molar-refractivity contribution is 0.0993. The number of aromatic nitrogens is 1. The van der Waals surface area contributed by atoms with E-state index in [4.69, 9.17) is 9.15 Å². The molecule has 0 unspecified atom stereocenters. The van der Waals surface area contributed by atoms with Crippen molar-refractivity contribution in [2.75, 3.05) is 13.2 Å². The van der Waals surface area contributed by atoms with Gasteiger partial charge in [-0.2, -0.15) is 4.99 Å². The first kappa shape index (κ1) is 19.3. The van der Waals surface area contributed by atoms with E-state index in [1.165, 1.54) is 17.4 Å². The van der Waals surface area contributed by atoms with E-state index in [0.717, 1.165) is 15.8 Å². The molecule has 0 aliphatic carbocycles. The van der Waals surface area contributed by atoms with E-state index in [2.05, 4.69) is 4.99 Å². The third-order valence-corrected chi connectivity index (χ3v) is 5.68. The number of hydrogen-bond donors (Lipinski definition) is 0. The Hall–Kier alpha value is -3.03. The maximum absolute atomic E-state index is 12.9. The highest BCUT2D eigenvalue weighted by Crippen LogP contribution is 2.21. The molecule has 0 N–H and O–H groups in total. The van der Waals surface area contributed by atoms with Crippen LogP contribution < -0.4 is 10.4 Å². The van der Waals surface area contributed by atoms with Gasteiger partial charge in [-0.05, 0) is 37.6 Å². The molecule has 0 saturated heterocycles. The Morgan fingerprint density at radius 2 is 2.03 bits per heavy atom. The molecule has 0 aliphatic heterocycles. The van der Waals surface area contributed by atoms with E-state index in [0.29, 0.717) is 35.5 Å². The maximum Gasteiger partial charge on any atom is 0.349 e.